The van der Waals surface area contributed by atoms with E-state index < -0.39 is 11.7 Å². The number of hydrogen-bond donors (Lipinski definition) is 1. The third-order valence-corrected chi connectivity index (χ3v) is 3.67. The lowest BCUT2D eigenvalue weighted by Crippen LogP contribution is -2.40. The fourth-order valence-corrected chi connectivity index (χ4v) is 2.71. The average Bonchev–Trinajstić information content (AvgIpc) is 2.85. The molecule has 0 aliphatic carbocycles. The van der Waals surface area contributed by atoms with E-state index in [9.17, 15) is 13.2 Å². The van der Waals surface area contributed by atoms with Crippen molar-refractivity contribution < 1.29 is 13.2 Å². The van der Waals surface area contributed by atoms with Crippen LogP contribution >= 0.6 is 0 Å². The first-order valence-corrected chi connectivity index (χ1v) is 7.39. The third-order valence-electron chi connectivity index (χ3n) is 3.67. The van der Waals surface area contributed by atoms with Crippen molar-refractivity contribution in [3.05, 3.63) is 23.9 Å². The number of rotatable bonds is 5. The zero-order valence-corrected chi connectivity index (χ0v) is 12.5. The standard InChI is InChI=1S/C15H22F3N3/c1-11(2)9-19-10-12-5-4-8-21(12)14-13(15(16,17)18)6-3-7-20-14/h3,6-7,11-12,19H,4-5,8-10H2,1-2H3. The Bertz CT molecular complexity index is 460. The molecule has 0 amide bonds. The van der Waals surface area contributed by atoms with Crippen molar-refractivity contribution in [3.8, 4) is 0 Å². The van der Waals surface area contributed by atoms with Crippen LogP contribution in [0.4, 0.5) is 19.0 Å². The Kier molecular flexibility index (Phi) is 5.08. The molecule has 6 heteroatoms. The van der Waals surface area contributed by atoms with Gasteiger partial charge in [-0.25, -0.2) is 4.98 Å². The van der Waals surface area contributed by atoms with E-state index in [1.807, 2.05) is 0 Å². The number of nitrogens with one attached hydrogen (secondary N) is 1. The lowest BCUT2D eigenvalue weighted by Gasteiger charge is -2.28. The summed E-state index contributed by atoms with van der Waals surface area (Å²) in [6.07, 6.45) is -1.12. The van der Waals surface area contributed by atoms with E-state index in [4.69, 9.17) is 0 Å². The molecule has 1 aromatic heterocycles. The number of anilines is 1. The molecule has 1 saturated heterocycles. The van der Waals surface area contributed by atoms with Gasteiger partial charge < -0.3 is 10.2 Å². The van der Waals surface area contributed by atoms with Gasteiger partial charge in [-0.1, -0.05) is 13.8 Å². The van der Waals surface area contributed by atoms with Crippen LogP contribution in [-0.2, 0) is 6.18 Å². The van der Waals surface area contributed by atoms with Gasteiger partial charge in [-0.3, -0.25) is 0 Å². The molecule has 1 aliphatic heterocycles. The molecule has 1 fully saturated rings. The van der Waals surface area contributed by atoms with Gasteiger partial charge in [0, 0.05) is 25.3 Å². The minimum atomic E-state index is -4.36. The Morgan fingerprint density at radius 1 is 1.43 bits per heavy atom. The molecule has 2 heterocycles. The molecule has 2 rings (SSSR count). The predicted molar refractivity (Wildman–Crippen MR) is 77.3 cm³/mol. The summed E-state index contributed by atoms with van der Waals surface area (Å²) in [5.74, 6) is 0.597. The Hall–Kier alpha value is -1.30. The Morgan fingerprint density at radius 3 is 2.86 bits per heavy atom. The van der Waals surface area contributed by atoms with Crippen LogP contribution in [0.25, 0.3) is 0 Å². The van der Waals surface area contributed by atoms with Crippen LogP contribution in [0.5, 0.6) is 0 Å². The van der Waals surface area contributed by atoms with E-state index in [2.05, 4.69) is 24.1 Å². The van der Waals surface area contributed by atoms with Crippen molar-refractivity contribution in [1.29, 1.82) is 0 Å². The number of aromatic nitrogens is 1. The molecule has 118 valence electrons. The third kappa shape index (κ3) is 4.09. The highest BCUT2D eigenvalue weighted by atomic mass is 19.4. The van der Waals surface area contributed by atoms with Gasteiger partial charge in [-0.2, -0.15) is 13.2 Å². The number of alkyl halides is 3. The largest absolute Gasteiger partial charge is 0.419 e. The second kappa shape index (κ2) is 6.64. The van der Waals surface area contributed by atoms with Crippen molar-refractivity contribution in [2.45, 2.75) is 38.9 Å². The van der Waals surface area contributed by atoms with Crippen LogP contribution in [0, 0.1) is 5.92 Å². The van der Waals surface area contributed by atoms with Crippen molar-refractivity contribution in [1.82, 2.24) is 10.3 Å². The number of hydrogen-bond acceptors (Lipinski definition) is 3. The topological polar surface area (TPSA) is 28.2 Å². The highest BCUT2D eigenvalue weighted by Crippen LogP contribution is 2.37. The summed E-state index contributed by atoms with van der Waals surface area (Å²) in [6, 6.07) is 2.54. The van der Waals surface area contributed by atoms with Gasteiger partial charge in [-0.15, -0.1) is 0 Å². The summed E-state index contributed by atoms with van der Waals surface area (Å²) < 4.78 is 39.3. The molecule has 21 heavy (non-hydrogen) atoms. The maximum Gasteiger partial charge on any atom is 0.419 e. The summed E-state index contributed by atoms with van der Waals surface area (Å²) in [5.41, 5.74) is -0.638. The summed E-state index contributed by atoms with van der Waals surface area (Å²) in [6.45, 7) is 6.43. The first kappa shape index (κ1) is 16.1. The quantitative estimate of drug-likeness (QED) is 0.904. The van der Waals surface area contributed by atoms with Gasteiger partial charge in [0.25, 0.3) is 0 Å². The van der Waals surface area contributed by atoms with Crippen LogP contribution in [0.2, 0.25) is 0 Å². The molecular weight excluding hydrogens is 279 g/mol. The molecule has 0 spiro atoms. The highest BCUT2D eigenvalue weighted by molar-refractivity contribution is 5.50. The van der Waals surface area contributed by atoms with Crippen molar-refractivity contribution in [2.24, 2.45) is 5.92 Å². The molecule has 0 aromatic carbocycles. The number of pyridine rings is 1. The second-order valence-corrected chi connectivity index (χ2v) is 5.91. The fourth-order valence-electron chi connectivity index (χ4n) is 2.71. The van der Waals surface area contributed by atoms with Crippen LogP contribution in [0.15, 0.2) is 18.3 Å². The lowest BCUT2D eigenvalue weighted by atomic mass is 10.1. The molecule has 3 nitrogen and oxygen atoms in total. The molecular formula is C15H22F3N3. The Labute approximate surface area is 123 Å². The van der Waals surface area contributed by atoms with Gasteiger partial charge in [0.05, 0.1) is 5.56 Å². The van der Waals surface area contributed by atoms with Gasteiger partial charge in [-0.05, 0) is 37.4 Å². The zero-order chi connectivity index (χ0) is 15.5. The number of halogens is 3. The maximum absolute atomic E-state index is 13.1. The molecule has 1 unspecified atom stereocenters. The lowest BCUT2D eigenvalue weighted by molar-refractivity contribution is -0.137. The van der Waals surface area contributed by atoms with Gasteiger partial charge >= 0.3 is 6.18 Å². The van der Waals surface area contributed by atoms with Crippen LogP contribution in [0.3, 0.4) is 0 Å². The maximum atomic E-state index is 13.1. The molecule has 0 saturated carbocycles. The molecule has 1 aliphatic rings. The molecule has 0 radical (unpaired) electrons. The smallest absolute Gasteiger partial charge is 0.352 e. The second-order valence-electron chi connectivity index (χ2n) is 5.91. The van der Waals surface area contributed by atoms with Crippen LogP contribution < -0.4 is 10.2 Å². The van der Waals surface area contributed by atoms with E-state index in [1.54, 1.807) is 4.90 Å². The minimum absolute atomic E-state index is 0.0684. The molecule has 1 aromatic rings. The van der Waals surface area contributed by atoms with Gasteiger partial charge in [0.15, 0.2) is 0 Å². The van der Waals surface area contributed by atoms with Crippen LogP contribution in [-0.4, -0.2) is 30.7 Å². The minimum Gasteiger partial charge on any atom is -0.352 e. The van der Waals surface area contributed by atoms with E-state index in [0.29, 0.717) is 19.0 Å². The van der Waals surface area contributed by atoms with Gasteiger partial charge in [0.1, 0.15) is 5.82 Å². The average molecular weight is 301 g/mol. The van der Waals surface area contributed by atoms with E-state index in [1.165, 1.54) is 12.3 Å². The Morgan fingerprint density at radius 2 is 2.19 bits per heavy atom. The number of nitrogens with zero attached hydrogens (tertiary/aromatic N) is 2. The first-order valence-electron chi connectivity index (χ1n) is 7.39. The predicted octanol–water partition coefficient (Wildman–Crippen LogP) is 3.31. The van der Waals surface area contributed by atoms with Gasteiger partial charge in [0.2, 0.25) is 0 Å². The monoisotopic (exact) mass is 301 g/mol. The van der Waals surface area contributed by atoms with Crippen molar-refractivity contribution in [2.75, 3.05) is 24.5 Å². The van der Waals surface area contributed by atoms with Crippen molar-refractivity contribution in [3.63, 3.8) is 0 Å². The molecule has 1 atom stereocenters. The summed E-state index contributed by atoms with van der Waals surface area (Å²) in [5, 5.41) is 3.33. The van der Waals surface area contributed by atoms with E-state index in [-0.39, 0.29) is 11.9 Å². The Balaban J connectivity index is 2.13. The molecule has 1 N–H and O–H groups in total. The highest BCUT2D eigenvalue weighted by Gasteiger charge is 2.38. The summed E-state index contributed by atoms with van der Waals surface area (Å²) in [7, 11) is 0. The van der Waals surface area contributed by atoms with E-state index >= 15 is 0 Å². The van der Waals surface area contributed by atoms with Crippen LogP contribution in [0.1, 0.15) is 32.3 Å². The van der Waals surface area contributed by atoms with Crippen molar-refractivity contribution >= 4 is 5.82 Å². The SMILES string of the molecule is CC(C)CNCC1CCCN1c1ncccc1C(F)(F)F. The fraction of sp³-hybridized carbons (Fsp3) is 0.667. The zero-order valence-electron chi connectivity index (χ0n) is 12.5. The normalized spacial score (nSPS) is 19.5. The summed E-state index contributed by atoms with van der Waals surface area (Å²) >= 11 is 0. The first-order chi connectivity index (χ1) is 9.89. The molecule has 0 bridgehead atoms. The van der Waals surface area contributed by atoms with E-state index in [0.717, 1.165) is 25.5 Å². The summed E-state index contributed by atoms with van der Waals surface area (Å²) in [4.78, 5) is 5.80.